The van der Waals surface area contributed by atoms with E-state index in [1.807, 2.05) is 0 Å². The van der Waals surface area contributed by atoms with Crippen molar-refractivity contribution in [1.82, 2.24) is 20.2 Å². The summed E-state index contributed by atoms with van der Waals surface area (Å²) in [7, 11) is -4.77. The molecule has 20 heavy (non-hydrogen) atoms. The Morgan fingerprint density at radius 2 is 2.20 bits per heavy atom. The van der Waals surface area contributed by atoms with E-state index in [0.717, 1.165) is 4.90 Å². The van der Waals surface area contributed by atoms with Crippen molar-refractivity contribution >= 4 is 48.9 Å². The van der Waals surface area contributed by atoms with Crippen molar-refractivity contribution in [3.63, 3.8) is 0 Å². The van der Waals surface area contributed by atoms with Crippen LogP contribution in [0.4, 0.5) is 9.70 Å². The fourth-order valence-electron chi connectivity index (χ4n) is 2.08. The molecule has 1 atom stereocenters. The average molecular weight is 364 g/mol. The number of carbonyl (C=O) groups excluding carboxylic acids is 1. The third kappa shape index (κ3) is 2.06. The monoisotopic (exact) mass is 363 g/mol. The van der Waals surface area contributed by atoms with E-state index in [9.17, 15) is 17.1 Å². The highest BCUT2D eigenvalue weighted by atomic mass is 79.9. The maximum atomic E-state index is 13.0. The second-order valence-corrected chi connectivity index (χ2v) is 6.65. The minimum atomic E-state index is -4.77. The van der Waals surface area contributed by atoms with Crippen molar-refractivity contribution in [3.05, 3.63) is 10.9 Å². The number of aromatic nitrogens is 4. The minimum absolute atomic E-state index is 0.201. The fraction of sp³-hybridized carbons (Fsp3) is 0.333. The summed E-state index contributed by atoms with van der Waals surface area (Å²) in [6, 6.07) is 0. The second-order valence-electron chi connectivity index (χ2n) is 4.24. The Balaban J connectivity index is 2.08. The van der Waals surface area contributed by atoms with Crippen molar-refractivity contribution in [1.29, 1.82) is 0 Å². The SMILES string of the molecule is O=C1CC(S(=O)(=O)F)CN1c1ncnc2n[nH]c(Br)c12. The van der Waals surface area contributed by atoms with Gasteiger partial charge in [-0.1, -0.05) is 0 Å². The van der Waals surface area contributed by atoms with Gasteiger partial charge in [0, 0.05) is 13.0 Å². The molecule has 0 radical (unpaired) electrons. The molecule has 1 unspecified atom stereocenters. The Labute approximate surface area is 120 Å². The number of anilines is 1. The molecule has 0 aliphatic carbocycles. The Hall–Kier alpha value is -1.62. The molecule has 1 amide bonds. The predicted octanol–water partition coefficient (Wildman–Crippen LogP) is 0.520. The lowest BCUT2D eigenvalue weighted by molar-refractivity contribution is -0.117. The van der Waals surface area contributed by atoms with Crippen LogP contribution in [0, 0.1) is 0 Å². The molecule has 3 rings (SSSR count). The Kier molecular flexibility index (Phi) is 2.97. The Bertz CT molecular complexity index is 807. The molecule has 0 bridgehead atoms. The van der Waals surface area contributed by atoms with Crippen LogP contribution >= 0.6 is 15.9 Å². The fourth-order valence-corrected chi connectivity index (χ4v) is 3.19. The number of H-pyrrole nitrogens is 1. The first kappa shape index (κ1) is 13.4. The van der Waals surface area contributed by atoms with Gasteiger partial charge in [-0.05, 0) is 15.9 Å². The van der Waals surface area contributed by atoms with Gasteiger partial charge in [-0.15, -0.1) is 3.89 Å². The summed E-state index contributed by atoms with van der Waals surface area (Å²) in [5.74, 6) is -0.309. The molecule has 0 spiro atoms. The summed E-state index contributed by atoms with van der Waals surface area (Å²) in [5, 5.41) is 5.59. The third-order valence-corrected chi connectivity index (χ3v) is 4.72. The molecule has 0 aromatic carbocycles. The van der Waals surface area contributed by atoms with E-state index >= 15 is 0 Å². The summed E-state index contributed by atoms with van der Waals surface area (Å²) < 4.78 is 35.3. The van der Waals surface area contributed by atoms with Crippen molar-refractivity contribution < 1.29 is 17.1 Å². The van der Waals surface area contributed by atoms with E-state index in [-0.39, 0.29) is 12.4 Å². The van der Waals surface area contributed by atoms with Crippen molar-refractivity contribution in [2.24, 2.45) is 0 Å². The van der Waals surface area contributed by atoms with Crippen molar-refractivity contribution in [3.8, 4) is 0 Å². The van der Waals surface area contributed by atoms with Gasteiger partial charge in [0.2, 0.25) is 5.91 Å². The third-order valence-electron chi connectivity index (χ3n) is 3.03. The second kappa shape index (κ2) is 4.45. The zero-order valence-electron chi connectivity index (χ0n) is 9.75. The van der Waals surface area contributed by atoms with E-state index in [4.69, 9.17) is 0 Å². The van der Waals surface area contributed by atoms with Gasteiger partial charge in [0.05, 0.1) is 5.39 Å². The highest BCUT2D eigenvalue weighted by molar-refractivity contribution is 9.10. The first-order chi connectivity index (χ1) is 9.38. The van der Waals surface area contributed by atoms with Crippen LogP contribution < -0.4 is 4.90 Å². The first-order valence-corrected chi connectivity index (χ1v) is 7.70. The van der Waals surface area contributed by atoms with E-state index in [1.54, 1.807) is 0 Å². The number of nitrogens with zero attached hydrogens (tertiary/aromatic N) is 4. The van der Waals surface area contributed by atoms with Crippen LogP contribution in [-0.4, -0.2) is 46.3 Å². The van der Waals surface area contributed by atoms with Crippen LogP contribution in [0.1, 0.15) is 6.42 Å². The molecule has 1 aliphatic heterocycles. The molecule has 2 aromatic rings. The first-order valence-electron chi connectivity index (χ1n) is 5.46. The summed E-state index contributed by atoms with van der Waals surface area (Å²) >= 11 is 3.21. The Morgan fingerprint density at radius 3 is 2.85 bits per heavy atom. The number of rotatable bonds is 2. The molecule has 1 saturated heterocycles. The van der Waals surface area contributed by atoms with Crippen LogP contribution in [0.25, 0.3) is 11.0 Å². The number of hydrogen-bond donors (Lipinski definition) is 1. The molecule has 0 saturated carbocycles. The zero-order chi connectivity index (χ0) is 14.5. The topological polar surface area (TPSA) is 109 Å². The summed E-state index contributed by atoms with van der Waals surface area (Å²) in [4.78, 5) is 20.9. The van der Waals surface area contributed by atoms with Crippen molar-refractivity contribution in [2.45, 2.75) is 11.7 Å². The van der Waals surface area contributed by atoms with Crippen LogP contribution in [0.2, 0.25) is 0 Å². The molecular weight excluding hydrogens is 357 g/mol. The lowest BCUT2D eigenvalue weighted by Crippen LogP contribution is -2.28. The molecule has 8 nitrogen and oxygen atoms in total. The molecule has 1 aliphatic rings. The molecular formula is C9H7BrFN5O3S. The molecule has 1 fully saturated rings. The highest BCUT2D eigenvalue weighted by Crippen LogP contribution is 2.32. The van der Waals surface area contributed by atoms with Gasteiger partial charge in [0.25, 0.3) is 0 Å². The van der Waals surface area contributed by atoms with Crippen molar-refractivity contribution in [2.75, 3.05) is 11.4 Å². The highest BCUT2D eigenvalue weighted by Gasteiger charge is 2.40. The number of hydrogen-bond acceptors (Lipinski definition) is 6. The van der Waals surface area contributed by atoms with E-state index in [2.05, 4.69) is 36.1 Å². The zero-order valence-corrected chi connectivity index (χ0v) is 12.1. The summed E-state index contributed by atoms with van der Waals surface area (Å²) in [6.45, 7) is -0.276. The predicted molar refractivity (Wildman–Crippen MR) is 70.2 cm³/mol. The number of carbonyl (C=O) groups is 1. The maximum absolute atomic E-state index is 13.0. The lowest BCUT2D eigenvalue weighted by atomic mass is 10.3. The van der Waals surface area contributed by atoms with Gasteiger partial charge in [-0.2, -0.15) is 13.5 Å². The Morgan fingerprint density at radius 1 is 1.45 bits per heavy atom. The smallest absolute Gasteiger partial charge is 0.295 e. The molecule has 2 aromatic heterocycles. The van der Waals surface area contributed by atoms with Gasteiger partial charge in [-0.25, -0.2) is 9.97 Å². The van der Waals surface area contributed by atoms with Crippen LogP contribution in [0.15, 0.2) is 10.9 Å². The lowest BCUT2D eigenvalue weighted by Gasteiger charge is -2.15. The molecule has 3 heterocycles. The summed E-state index contributed by atoms with van der Waals surface area (Å²) in [5.41, 5.74) is 0.321. The van der Waals surface area contributed by atoms with Gasteiger partial charge in [0.1, 0.15) is 16.2 Å². The normalized spacial score (nSPS) is 20.0. The van der Waals surface area contributed by atoms with E-state index in [0.29, 0.717) is 15.6 Å². The number of nitrogens with one attached hydrogen (secondary N) is 1. The number of amides is 1. The van der Waals surface area contributed by atoms with Gasteiger partial charge >= 0.3 is 10.2 Å². The molecule has 106 valence electrons. The van der Waals surface area contributed by atoms with Gasteiger partial charge in [0.15, 0.2) is 11.5 Å². The van der Waals surface area contributed by atoms with Crippen LogP contribution in [-0.2, 0) is 15.0 Å². The van der Waals surface area contributed by atoms with E-state index in [1.165, 1.54) is 6.33 Å². The van der Waals surface area contributed by atoms with Gasteiger partial charge < -0.3 is 0 Å². The average Bonchev–Trinajstić information content (AvgIpc) is 2.93. The quantitative estimate of drug-likeness (QED) is 0.779. The van der Waals surface area contributed by atoms with Crippen LogP contribution in [0.5, 0.6) is 0 Å². The summed E-state index contributed by atoms with van der Waals surface area (Å²) in [6.07, 6.45) is 0.801. The number of aromatic amines is 1. The number of halogens is 2. The van der Waals surface area contributed by atoms with Crippen LogP contribution in [0.3, 0.4) is 0 Å². The van der Waals surface area contributed by atoms with E-state index < -0.39 is 27.8 Å². The number of fused-ring (bicyclic) bond motifs is 1. The minimum Gasteiger partial charge on any atom is -0.295 e. The molecule has 11 heteroatoms. The van der Waals surface area contributed by atoms with Gasteiger partial charge in [-0.3, -0.25) is 14.8 Å². The molecule has 1 N–H and O–H groups in total. The standard InChI is InChI=1S/C9H7BrFN5O3S/c10-7-6-8(15-14-7)12-3-13-9(6)16-2-4(1-5(16)17)20(11,18)19/h3-4H,1-2H2,(H,12,13,14,15). The largest absolute Gasteiger partial charge is 0.307 e. The maximum Gasteiger partial charge on any atom is 0.307 e.